The summed E-state index contributed by atoms with van der Waals surface area (Å²) in [4.78, 5) is 3.43. The summed E-state index contributed by atoms with van der Waals surface area (Å²) in [5.74, 6) is 0. The zero-order chi connectivity index (χ0) is 8.41. The second-order valence-corrected chi connectivity index (χ2v) is 1.25. The van der Waals surface area contributed by atoms with Crippen molar-refractivity contribution in [3.8, 4) is 0 Å². The molecule has 58 valence electrons. The average molecular weight is 141 g/mol. The molecule has 2 nitrogen and oxygen atoms in total. The van der Waals surface area contributed by atoms with Gasteiger partial charge in [0.05, 0.1) is 6.61 Å². The standard InChI is InChI=1S/C6H9NO.C2H6/c1-3-6(5-8)4-7-2;1-2/h3-4,8H,1-2,5H2;1-2H3/b6-4+;. The first kappa shape index (κ1) is 11.9. The minimum Gasteiger partial charge on any atom is -0.392 e. The molecule has 0 aliphatic carbocycles. The summed E-state index contributed by atoms with van der Waals surface area (Å²) in [5.41, 5.74) is 0.681. The molecule has 2 heteroatoms. The molecule has 0 aromatic carbocycles. The molecule has 0 saturated heterocycles. The largest absolute Gasteiger partial charge is 0.392 e. The van der Waals surface area contributed by atoms with E-state index in [2.05, 4.69) is 18.3 Å². The molecule has 0 atom stereocenters. The molecule has 10 heavy (non-hydrogen) atoms. The van der Waals surface area contributed by atoms with E-state index in [1.807, 2.05) is 13.8 Å². The van der Waals surface area contributed by atoms with Gasteiger partial charge in [-0.25, -0.2) is 0 Å². The van der Waals surface area contributed by atoms with Crippen LogP contribution in [0.5, 0.6) is 0 Å². The minimum absolute atomic E-state index is 0.0253. The molecule has 0 amide bonds. The quantitative estimate of drug-likeness (QED) is 0.471. The van der Waals surface area contributed by atoms with Crippen molar-refractivity contribution in [2.24, 2.45) is 4.99 Å². The number of rotatable bonds is 3. The molecular formula is C8H15NO. The Morgan fingerprint density at radius 2 is 2.10 bits per heavy atom. The molecule has 0 aromatic heterocycles. The van der Waals surface area contributed by atoms with Gasteiger partial charge in [-0.1, -0.05) is 26.5 Å². The van der Waals surface area contributed by atoms with E-state index >= 15 is 0 Å². The van der Waals surface area contributed by atoms with Gasteiger partial charge >= 0.3 is 0 Å². The van der Waals surface area contributed by atoms with Crippen molar-refractivity contribution in [1.82, 2.24) is 0 Å². The third-order valence-corrected chi connectivity index (χ3v) is 0.702. The van der Waals surface area contributed by atoms with E-state index in [0.29, 0.717) is 5.57 Å². The van der Waals surface area contributed by atoms with Crippen LogP contribution >= 0.6 is 0 Å². The Morgan fingerprint density at radius 1 is 1.60 bits per heavy atom. The van der Waals surface area contributed by atoms with E-state index < -0.39 is 0 Å². The molecule has 0 aromatic rings. The predicted molar refractivity (Wildman–Crippen MR) is 46.3 cm³/mol. The summed E-state index contributed by atoms with van der Waals surface area (Å²) in [5, 5.41) is 8.43. The van der Waals surface area contributed by atoms with E-state index in [-0.39, 0.29) is 6.61 Å². The number of aliphatic hydroxyl groups excluding tert-OH is 1. The molecular weight excluding hydrogens is 126 g/mol. The second kappa shape index (κ2) is 11.0. The lowest BCUT2D eigenvalue weighted by Crippen LogP contribution is -1.82. The Morgan fingerprint density at radius 3 is 2.20 bits per heavy atom. The van der Waals surface area contributed by atoms with Crippen LogP contribution in [0.15, 0.2) is 29.4 Å². The van der Waals surface area contributed by atoms with Crippen LogP contribution in [0, 0.1) is 0 Å². The summed E-state index contributed by atoms with van der Waals surface area (Å²) >= 11 is 0. The van der Waals surface area contributed by atoms with Gasteiger partial charge in [-0.3, -0.25) is 4.99 Å². The molecule has 0 unspecified atom stereocenters. The molecule has 0 rings (SSSR count). The van der Waals surface area contributed by atoms with E-state index in [4.69, 9.17) is 5.11 Å². The summed E-state index contributed by atoms with van der Waals surface area (Å²) in [6, 6.07) is 0. The maximum absolute atomic E-state index is 8.43. The van der Waals surface area contributed by atoms with Crippen molar-refractivity contribution in [2.45, 2.75) is 13.8 Å². The highest BCUT2D eigenvalue weighted by Crippen LogP contribution is 1.91. The Labute approximate surface area is 62.6 Å². The molecule has 0 spiro atoms. The van der Waals surface area contributed by atoms with Crippen LogP contribution in [-0.2, 0) is 0 Å². The fourth-order valence-corrected chi connectivity index (χ4v) is 0.275. The van der Waals surface area contributed by atoms with E-state index in [9.17, 15) is 0 Å². The second-order valence-electron chi connectivity index (χ2n) is 1.25. The van der Waals surface area contributed by atoms with Crippen molar-refractivity contribution >= 4 is 6.72 Å². The first-order chi connectivity index (χ1) is 4.85. The maximum Gasteiger partial charge on any atom is 0.0696 e. The van der Waals surface area contributed by atoms with Gasteiger partial charge in [0.2, 0.25) is 0 Å². The number of hydrogen-bond acceptors (Lipinski definition) is 2. The van der Waals surface area contributed by atoms with Gasteiger partial charge < -0.3 is 5.11 Å². The lowest BCUT2D eigenvalue weighted by molar-refractivity contribution is 0.335. The van der Waals surface area contributed by atoms with Gasteiger partial charge in [0, 0.05) is 6.20 Å². The lowest BCUT2D eigenvalue weighted by atomic mass is 10.3. The Balaban J connectivity index is 0. The van der Waals surface area contributed by atoms with Crippen molar-refractivity contribution < 1.29 is 5.11 Å². The summed E-state index contributed by atoms with van der Waals surface area (Å²) in [7, 11) is 0. The van der Waals surface area contributed by atoms with Gasteiger partial charge in [0.15, 0.2) is 0 Å². The smallest absolute Gasteiger partial charge is 0.0696 e. The van der Waals surface area contributed by atoms with Crippen molar-refractivity contribution in [1.29, 1.82) is 0 Å². The summed E-state index contributed by atoms with van der Waals surface area (Å²) < 4.78 is 0. The van der Waals surface area contributed by atoms with Gasteiger partial charge in [0.25, 0.3) is 0 Å². The number of hydrogen-bond donors (Lipinski definition) is 1. The maximum atomic E-state index is 8.43. The topological polar surface area (TPSA) is 32.6 Å². The van der Waals surface area contributed by atoms with Crippen LogP contribution in [0.2, 0.25) is 0 Å². The van der Waals surface area contributed by atoms with Gasteiger partial charge in [-0.05, 0) is 12.3 Å². The number of aliphatic imine (C=N–C) groups is 1. The minimum atomic E-state index is -0.0253. The van der Waals surface area contributed by atoms with Gasteiger partial charge in [-0.15, -0.1) is 0 Å². The highest BCUT2D eigenvalue weighted by atomic mass is 16.3. The number of nitrogens with zero attached hydrogens (tertiary/aromatic N) is 1. The summed E-state index contributed by atoms with van der Waals surface area (Å²) in [6.07, 6.45) is 3.00. The zero-order valence-electron chi connectivity index (χ0n) is 6.67. The van der Waals surface area contributed by atoms with Crippen molar-refractivity contribution in [2.75, 3.05) is 6.61 Å². The fraction of sp³-hybridized carbons (Fsp3) is 0.375. The van der Waals surface area contributed by atoms with E-state index in [1.165, 1.54) is 12.3 Å². The fourth-order valence-electron chi connectivity index (χ4n) is 0.275. The third kappa shape index (κ3) is 7.11. The Hall–Kier alpha value is -0.890. The van der Waals surface area contributed by atoms with Crippen LogP contribution in [0.25, 0.3) is 0 Å². The SMILES string of the molecule is C=C/C(=C\N=C)CO.CC. The van der Waals surface area contributed by atoms with E-state index in [0.717, 1.165) is 0 Å². The third-order valence-electron chi connectivity index (χ3n) is 0.702. The highest BCUT2D eigenvalue weighted by Gasteiger charge is 1.81. The zero-order valence-corrected chi connectivity index (χ0v) is 6.67. The van der Waals surface area contributed by atoms with Gasteiger partial charge in [-0.2, -0.15) is 0 Å². The molecule has 0 fully saturated rings. The van der Waals surface area contributed by atoms with Crippen LogP contribution in [0.4, 0.5) is 0 Å². The van der Waals surface area contributed by atoms with Crippen LogP contribution < -0.4 is 0 Å². The summed E-state index contributed by atoms with van der Waals surface area (Å²) in [6.45, 7) is 10.6. The first-order valence-electron chi connectivity index (χ1n) is 3.23. The molecule has 0 heterocycles. The average Bonchev–Trinajstić information content (AvgIpc) is 2.04. The molecule has 0 bridgehead atoms. The predicted octanol–water partition coefficient (Wildman–Crippen LogP) is 1.78. The van der Waals surface area contributed by atoms with Crippen LogP contribution in [-0.4, -0.2) is 18.4 Å². The molecule has 0 aliphatic rings. The van der Waals surface area contributed by atoms with Crippen molar-refractivity contribution in [3.63, 3.8) is 0 Å². The van der Waals surface area contributed by atoms with Crippen LogP contribution in [0.1, 0.15) is 13.8 Å². The molecule has 1 N–H and O–H groups in total. The van der Waals surface area contributed by atoms with Gasteiger partial charge in [0.1, 0.15) is 0 Å². The van der Waals surface area contributed by atoms with Crippen molar-refractivity contribution in [3.05, 3.63) is 24.4 Å². The van der Waals surface area contributed by atoms with E-state index in [1.54, 1.807) is 0 Å². The lowest BCUT2D eigenvalue weighted by Gasteiger charge is -1.87. The monoisotopic (exact) mass is 141 g/mol. The Bertz CT molecular complexity index is 116. The Kier molecular flexibility index (Phi) is 13.0. The number of aliphatic hydroxyl groups is 1. The normalized spacial score (nSPS) is 9.30. The molecule has 0 aliphatic heterocycles. The first-order valence-corrected chi connectivity index (χ1v) is 3.23. The molecule has 0 radical (unpaired) electrons. The highest BCUT2D eigenvalue weighted by molar-refractivity contribution is 5.28. The molecule has 0 saturated carbocycles. The van der Waals surface area contributed by atoms with Crippen LogP contribution in [0.3, 0.4) is 0 Å².